The standard InChI is InChI=1S/C17H21N3O5/c1-4-25-15(22)10-9-14(21)19-20-17(24)12-5-7-13(8-6-12)18-16(23)11(2)3/h5-11H,4H2,1-3H3,(H,18,23)(H,19,21)(H,20,24)/b10-9+. The highest BCUT2D eigenvalue weighted by molar-refractivity contribution is 5.99. The lowest BCUT2D eigenvalue weighted by molar-refractivity contribution is -0.137. The third kappa shape index (κ3) is 7.30. The number of benzene rings is 1. The molecule has 134 valence electrons. The van der Waals surface area contributed by atoms with Crippen LogP contribution < -0.4 is 16.2 Å². The predicted octanol–water partition coefficient (Wildman–Crippen LogP) is 1.16. The van der Waals surface area contributed by atoms with Gasteiger partial charge in [-0.25, -0.2) is 4.79 Å². The predicted molar refractivity (Wildman–Crippen MR) is 91.3 cm³/mol. The molecule has 8 heteroatoms. The molecule has 25 heavy (non-hydrogen) atoms. The average molecular weight is 347 g/mol. The fourth-order valence-electron chi connectivity index (χ4n) is 1.56. The zero-order valence-corrected chi connectivity index (χ0v) is 14.3. The van der Waals surface area contributed by atoms with Crippen LogP contribution >= 0.6 is 0 Å². The number of ether oxygens (including phenoxy) is 1. The Balaban J connectivity index is 2.51. The van der Waals surface area contributed by atoms with Gasteiger partial charge in [0.25, 0.3) is 11.8 Å². The van der Waals surface area contributed by atoms with Gasteiger partial charge in [0.15, 0.2) is 0 Å². The van der Waals surface area contributed by atoms with Gasteiger partial charge in [-0.3, -0.25) is 25.2 Å². The first-order chi connectivity index (χ1) is 11.8. The van der Waals surface area contributed by atoms with Gasteiger partial charge in [0.2, 0.25) is 5.91 Å². The van der Waals surface area contributed by atoms with Crippen LogP contribution in [0.15, 0.2) is 36.4 Å². The summed E-state index contributed by atoms with van der Waals surface area (Å²) in [5.41, 5.74) is 5.20. The van der Waals surface area contributed by atoms with Crippen molar-refractivity contribution in [2.45, 2.75) is 20.8 Å². The summed E-state index contributed by atoms with van der Waals surface area (Å²) in [7, 11) is 0. The number of nitrogens with one attached hydrogen (secondary N) is 3. The molecule has 0 aliphatic rings. The van der Waals surface area contributed by atoms with Gasteiger partial charge in [-0.2, -0.15) is 0 Å². The highest BCUT2D eigenvalue weighted by Crippen LogP contribution is 2.10. The van der Waals surface area contributed by atoms with Crippen LogP contribution in [0.4, 0.5) is 5.69 Å². The van der Waals surface area contributed by atoms with Crippen LogP contribution in [0.3, 0.4) is 0 Å². The molecular weight excluding hydrogens is 326 g/mol. The quantitative estimate of drug-likeness (QED) is 0.406. The number of esters is 1. The van der Waals surface area contributed by atoms with Crippen molar-refractivity contribution in [2.75, 3.05) is 11.9 Å². The van der Waals surface area contributed by atoms with Crippen molar-refractivity contribution in [3.05, 3.63) is 42.0 Å². The molecule has 0 atom stereocenters. The molecule has 0 fully saturated rings. The Hall–Kier alpha value is -3.16. The smallest absolute Gasteiger partial charge is 0.330 e. The zero-order valence-electron chi connectivity index (χ0n) is 14.3. The summed E-state index contributed by atoms with van der Waals surface area (Å²) < 4.78 is 4.62. The van der Waals surface area contributed by atoms with E-state index < -0.39 is 17.8 Å². The van der Waals surface area contributed by atoms with Crippen molar-refractivity contribution in [3.8, 4) is 0 Å². The number of carbonyl (C=O) groups is 4. The maximum atomic E-state index is 11.9. The van der Waals surface area contributed by atoms with Crippen LogP contribution in [0.5, 0.6) is 0 Å². The Labute approximate surface area is 145 Å². The van der Waals surface area contributed by atoms with Gasteiger partial charge in [0, 0.05) is 29.3 Å². The topological polar surface area (TPSA) is 114 Å². The summed E-state index contributed by atoms with van der Waals surface area (Å²) in [6, 6.07) is 6.17. The third-order valence-electron chi connectivity index (χ3n) is 2.90. The summed E-state index contributed by atoms with van der Waals surface area (Å²) in [6.45, 7) is 5.40. The number of hydrazine groups is 1. The third-order valence-corrected chi connectivity index (χ3v) is 2.90. The number of rotatable bonds is 6. The Kier molecular flexibility index (Phi) is 7.85. The van der Waals surface area contributed by atoms with Gasteiger partial charge >= 0.3 is 5.97 Å². The average Bonchev–Trinajstić information content (AvgIpc) is 2.58. The molecule has 1 aromatic rings. The Morgan fingerprint density at radius 1 is 1.04 bits per heavy atom. The van der Waals surface area contributed by atoms with Gasteiger partial charge in [-0.1, -0.05) is 13.8 Å². The van der Waals surface area contributed by atoms with E-state index in [0.717, 1.165) is 12.2 Å². The molecule has 3 amide bonds. The molecule has 0 spiro atoms. The first kappa shape index (κ1) is 19.9. The van der Waals surface area contributed by atoms with E-state index >= 15 is 0 Å². The number of carbonyl (C=O) groups excluding carboxylic acids is 4. The second kappa shape index (κ2) is 9.86. The maximum Gasteiger partial charge on any atom is 0.330 e. The lowest BCUT2D eigenvalue weighted by Gasteiger charge is -2.09. The fraction of sp³-hybridized carbons (Fsp3) is 0.294. The summed E-state index contributed by atoms with van der Waals surface area (Å²) in [5, 5.41) is 2.70. The second-order valence-corrected chi connectivity index (χ2v) is 5.25. The first-order valence-electron chi connectivity index (χ1n) is 7.69. The van der Waals surface area contributed by atoms with Gasteiger partial charge in [0.1, 0.15) is 0 Å². The van der Waals surface area contributed by atoms with E-state index in [1.807, 2.05) is 0 Å². The van der Waals surface area contributed by atoms with E-state index in [4.69, 9.17) is 0 Å². The number of hydrogen-bond acceptors (Lipinski definition) is 5. The van der Waals surface area contributed by atoms with E-state index in [2.05, 4.69) is 20.9 Å². The monoisotopic (exact) mass is 347 g/mol. The number of hydrogen-bond donors (Lipinski definition) is 3. The van der Waals surface area contributed by atoms with E-state index in [1.165, 1.54) is 12.1 Å². The lowest BCUT2D eigenvalue weighted by Crippen LogP contribution is -2.40. The van der Waals surface area contributed by atoms with Crippen molar-refractivity contribution in [1.82, 2.24) is 10.9 Å². The summed E-state index contributed by atoms with van der Waals surface area (Å²) >= 11 is 0. The second-order valence-electron chi connectivity index (χ2n) is 5.25. The number of amides is 3. The molecule has 0 aromatic heterocycles. The lowest BCUT2D eigenvalue weighted by atomic mass is 10.1. The zero-order chi connectivity index (χ0) is 18.8. The molecule has 0 aliphatic carbocycles. The minimum atomic E-state index is -0.679. The molecule has 0 aliphatic heterocycles. The largest absolute Gasteiger partial charge is 0.463 e. The van der Waals surface area contributed by atoms with Crippen LogP contribution in [-0.2, 0) is 19.1 Å². The highest BCUT2D eigenvalue weighted by atomic mass is 16.5. The fourth-order valence-corrected chi connectivity index (χ4v) is 1.56. The molecule has 0 saturated heterocycles. The van der Waals surface area contributed by atoms with Crippen LogP contribution in [0, 0.1) is 5.92 Å². The van der Waals surface area contributed by atoms with Crippen LogP contribution in [0.2, 0.25) is 0 Å². The Bertz CT molecular complexity index is 665. The Morgan fingerprint density at radius 2 is 1.68 bits per heavy atom. The van der Waals surface area contributed by atoms with E-state index in [1.54, 1.807) is 32.9 Å². The van der Waals surface area contributed by atoms with Gasteiger partial charge < -0.3 is 10.1 Å². The van der Waals surface area contributed by atoms with Crippen molar-refractivity contribution in [2.24, 2.45) is 5.92 Å². The van der Waals surface area contributed by atoms with Crippen LogP contribution in [0.25, 0.3) is 0 Å². The molecule has 0 radical (unpaired) electrons. The molecule has 0 heterocycles. The normalized spacial score (nSPS) is 10.4. The van der Waals surface area contributed by atoms with E-state index in [9.17, 15) is 19.2 Å². The van der Waals surface area contributed by atoms with Crippen LogP contribution in [-0.4, -0.2) is 30.3 Å². The van der Waals surface area contributed by atoms with Crippen molar-refractivity contribution >= 4 is 29.4 Å². The Morgan fingerprint density at radius 3 is 2.24 bits per heavy atom. The van der Waals surface area contributed by atoms with Crippen molar-refractivity contribution < 1.29 is 23.9 Å². The van der Waals surface area contributed by atoms with Crippen LogP contribution in [0.1, 0.15) is 31.1 Å². The summed E-state index contributed by atoms with van der Waals surface area (Å²) in [4.78, 5) is 46.0. The van der Waals surface area contributed by atoms with Gasteiger partial charge in [-0.05, 0) is 31.2 Å². The molecule has 1 rings (SSSR count). The minimum Gasteiger partial charge on any atom is -0.463 e. The molecular formula is C17H21N3O5. The van der Waals surface area contributed by atoms with Gasteiger partial charge in [0.05, 0.1) is 6.61 Å². The molecule has 1 aromatic carbocycles. The molecule has 0 unspecified atom stereocenters. The highest BCUT2D eigenvalue weighted by Gasteiger charge is 2.09. The first-order valence-corrected chi connectivity index (χ1v) is 7.69. The van der Waals surface area contributed by atoms with Crippen molar-refractivity contribution in [3.63, 3.8) is 0 Å². The summed E-state index contributed by atoms with van der Waals surface area (Å²) in [5.74, 6) is -2.15. The molecule has 0 bridgehead atoms. The molecule has 8 nitrogen and oxygen atoms in total. The molecule has 0 saturated carbocycles. The maximum absolute atomic E-state index is 11.9. The SMILES string of the molecule is CCOC(=O)/C=C/C(=O)NNC(=O)c1ccc(NC(=O)C(C)C)cc1. The van der Waals surface area contributed by atoms with E-state index in [-0.39, 0.29) is 24.0 Å². The van der Waals surface area contributed by atoms with E-state index in [0.29, 0.717) is 5.69 Å². The number of anilines is 1. The van der Waals surface area contributed by atoms with Gasteiger partial charge in [-0.15, -0.1) is 0 Å². The molecule has 3 N–H and O–H groups in total. The minimum absolute atomic E-state index is 0.127. The van der Waals surface area contributed by atoms with Crippen molar-refractivity contribution in [1.29, 1.82) is 0 Å². The summed E-state index contributed by atoms with van der Waals surface area (Å²) in [6.07, 6.45) is 1.90.